The minimum atomic E-state index is -0.0907. The second-order valence-corrected chi connectivity index (χ2v) is 6.00. The lowest BCUT2D eigenvalue weighted by Gasteiger charge is -2.32. The molecule has 1 saturated carbocycles. The highest BCUT2D eigenvalue weighted by molar-refractivity contribution is 5.55. The molecule has 0 aromatic heterocycles. The number of hydrogen-bond donors (Lipinski definition) is 1. The SMILES string of the molecule is CCN(c1cccc(F)c1CNC(C)C)C1CCCC1. The maximum atomic E-state index is 14.2. The normalized spacial score (nSPS) is 16.1. The number of nitrogens with one attached hydrogen (secondary N) is 1. The van der Waals surface area contributed by atoms with Crippen LogP contribution in [0.15, 0.2) is 18.2 Å². The molecule has 0 amide bonds. The van der Waals surface area contributed by atoms with E-state index in [2.05, 4.69) is 37.1 Å². The molecule has 1 aliphatic carbocycles. The zero-order valence-electron chi connectivity index (χ0n) is 13.0. The molecule has 1 fully saturated rings. The van der Waals surface area contributed by atoms with Crippen LogP contribution < -0.4 is 10.2 Å². The highest BCUT2D eigenvalue weighted by Crippen LogP contribution is 2.31. The van der Waals surface area contributed by atoms with Gasteiger partial charge in [-0.05, 0) is 31.9 Å². The van der Waals surface area contributed by atoms with Gasteiger partial charge in [0.1, 0.15) is 5.82 Å². The van der Waals surface area contributed by atoms with Gasteiger partial charge in [-0.25, -0.2) is 4.39 Å². The Morgan fingerprint density at radius 3 is 2.60 bits per heavy atom. The van der Waals surface area contributed by atoms with E-state index in [4.69, 9.17) is 0 Å². The van der Waals surface area contributed by atoms with Gasteiger partial charge in [0.15, 0.2) is 0 Å². The summed E-state index contributed by atoms with van der Waals surface area (Å²) in [6.07, 6.45) is 5.08. The van der Waals surface area contributed by atoms with Crippen molar-refractivity contribution in [2.75, 3.05) is 11.4 Å². The van der Waals surface area contributed by atoms with Crippen molar-refractivity contribution in [1.29, 1.82) is 0 Å². The average Bonchev–Trinajstić information content (AvgIpc) is 2.92. The Bertz CT molecular complexity index is 425. The molecule has 0 radical (unpaired) electrons. The van der Waals surface area contributed by atoms with E-state index in [9.17, 15) is 4.39 Å². The van der Waals surface area contributed by atoms with Crippen molar-refractivity contribution in [3.63, 3.8) is 0 Å². The van der Waals surface area contributed by atoms with Crippen molar-refractivity contribution in [1.82, 2.24) is 5.32 Å². The van der Waals surface area contributed by atoms with Gasteiger partial charge in [-0.3, -0.25) is 0 Å². The summed E-state index contributed by atoms with van der Waals surface area (Å²) in [6.45, 7) is 7.90. The van der Waals surface area contributed by atoms with E-state index in [1.165, 1.54) is 25.7 Å². The molecule has 1 aromatic rings. The number of nitrogens with zero attached hydrogens (tertiary/aromatic N) is 1. The first-order chi connectivity index (χ1) is 9.63. The summed E-state index contributed by atoms with van der Waals surface area (Å²) in [7, 11) is 0. The van der Waals surface area contributed by atoms with Crippen molar-refractivity contribution < 1.29 is 4.39 Å². The molecule has 2 rings (SSSR count). The van der Waals surface area contributed by atoms with Gasteiger partial charge in [0.25, 0.3) is 0 Å². The van der Waals surface area contributed by atoms with Crippen LogP contribution in [0.3, 0.4) is 0 Å². The summed E-state index contributed by atoms with van der Waals surface area (Å²) in [5, 5.41) is 3.35. The predicted molar refractivity (Wildman–Crippen MR) is 83.7 cm³/mol. The molecule has 3 heteroatoms. The van der Waals surface area contributed by atoms with Gasteiger partial charge in [0.2, 0.25) is 0 Å². The van der Waals surface area contributed by atoms with Gasteiger partial charge in [-0.1, -0.05) is 32.8 Å². The Morgan fingerprint density at radius 2 is 2.00 bits per heavy atom. The minimum absolute atomic E-state index is 0.0907. The largest absolute Gasteiger partial charge is 0.368 e. The summed E-state index contributed by atoms with van der Waals surface area (Å²) < 4.78 is 14.2. The van der Waals surface area contributed by atoms with E-state index >= 15 is 0 Å². The molecule has 0 atom stereocenters. The van der Waals surface area contributed by atoms with Crippen LogP contribution in [0.5, 0.6) is 0 Å². The highest BCUT2D eigenvalue weighted by Gasteiger charge is 2.24. The van der Waals surface area contributed by atoms with Crippen LogP contribution in [0, 0.1) is 5.82 Å². The lowest BCUT2D eigenvalue weighted by Crippen LogP contribution is -2.34. The molecule has 0 saturated heterocycles. The lowest BCUT2D eigenvalue weighted by atomic mass is 10.1. The average molecular weight is 278 g/mol. The second kappa shape index (κ2) is 7.07. The van der Waals surface area contributed by atoms with Gasteiger partial charge >= 0.3 is 0 Å². The zero-order chi connectivity index (χ0) is 14.5. The quantitative estimate of drug-likeness (QED) is 0.843. The fraction of sp³-hybridized carbons (Fsp3) is 0.647. The molecule has 2 nitrogen and oxygen atoms in total. The third-order valence-electron chi connectivity index (χ3n) is 4.20. The minimum Gasteiger partial charge on any atom is -0.368 e. The Hall–Kier alpha value is -1.09. The Morgan fingerprint density at radius 1 is 1.30 bits per heavy atom. The Labute approximate surface area is 122 Å². The lowest BCUT2D eigenvalue weighted by molar-refractivity contribution is 0.546. The summed E-state index contributed by atoms with van der Waals surface area (Å²) in [5.74, 6) is -0.0907. The van der Waals surface area contributed by atoms with E-state index in [-0.39, 0.29) is 5.82 Å². The molecule has 0 spiro atoms. The number of benzene rings is 1. The number of halogens is 1. The molecule has 1 aromatic carbocycles. The summed E-state index contributed by atoms with van der Waals surface area (Å²) in [6, 6.07) is 6.43. The van der Waals surface area contributed by atoms with E-state index in [1.54, 1.807) is 6.07 Å². The van der Waals surface area contributed by atoms with E-state index < -0.39 is 0 Å². The van der Waals surface area contributed by atoms with Crippen molar-refractivity contribution in [3.8, 4) is 0 Å². The number of hydrogen-bond acceptors (Lipinski definition) is 2. The molecule has 112 valence electrons. The van der Waals surface area contributed by atoms with Crippen LogP contribution in [-0.2, 0) is 6.54 Å². The highest BCUT2D eigenvalue weighted by atomic mass is 19.1. The van der Waals surface area contributed by atoms with Gasteiger partial charge < -0.3 is 10.2 Å². The number of anilines is 1. The fourth-order valence-corrected chi connectivity index (χ4v) is 3.14. The summed E-state index contributed by atoms with van der Waals surface area (Å²) in [4.78, 5) is 2.40. The third-order valence-corrected chi connectivity index (χ3v) is 4.20. The van der Waals surface area contributed by atoms with Crippen LogP contribution in [0.25, 0.3) is 0 Å². The molecule has 0 heterocycles. The fourth-order valence-electron chi connectivity index (χ4n) is 3.14. The van der Waals surface area contributed by atoms with Crippen molar-refractivity contribution in [2.24, 2.45) is 0 Å². The van der Waals surface area contributed by atoms with Gasteiger partial charge in [0, 0.05) is 36.4 Å². The summed E-state index contributed by atoms with van der Waals surface area (Å²) >= 11 is 0. The topological polar surface area (TPSA) is 15.3 Å². The van der Waals surface area contributed by atoms with Crippen LogP contribution in [-0.4, -0.2) is 18.6 Å². The predicted octanol–water partition coefficient (Wildman–Crippen LogP) is 4.09. The van der Waals surface area contributed by atoms with E-state index in [0.29, 0.717) is 18.6 Å². The van der Waals surface area contributed by atoms with Crippen molar-refractivity contribution in [2.45, 2.75) is 65.1 Å². The molecule has 0 bridgehead atoms. The summed E-state index contributed by atoms with van der Waals surface area (Å²) in [5.41, 5.74) is 1.89. The molecular formula is C17H27FN2. The number of rotatable bonds is 6. The standard InChI is InChI=1S/C17H27FN2/c1-4-20(14-8-5-6-9-14)17-11-7-10-16(18)15(17)12-19-13(2)3/h7,10-11,13-14,19H,4-6,8-9,12H2,1-3H3. The second-order valence-electron chi connectivity index (χ2n) is 6.00. The van der Waals surface area contributed by atoms with Gasteiger partial charge in [0.05, 0.1) is 0 Å². The van der Waals surface area contributed by atoms with Gasteiger partial charge in [-0.15, -0.1) is 0 Å². The smallest absolute Gasteiger partial charge is 0.129 e. The first-order valence-electron chi connectivity index (χ1n) is 7.91. The molecule has 20 heavy (non-hydrogen) atoms. The molecule has 1 N–H and O–H groups in total. The van der Waals surface area contributed by atoms with Crippen molar-refractivity contribution in [3.05, 3.63) is 29.6 Å². The van der Waals surface area contributed by atoms with Crippen LogP contribution in [0.1, 0.15) is 52.0 Å². The molecule has 0 aliphatic heterocycles. The van der Waals surface area contributed by atoms with E-state index in [0.717, 1.165) is 17.8 Å². The van der Waals surface area contributed by atoms with E-state index in [1.807, 2.05) is 6.07 Å². The van der Waals surface area contributed by atoms with Crippen LogP contribution >= 0.6 is 0 Å². The molecule has 0 unspecified atom stereocenters. The van der Waals surface area contributed by atoms with Crippen LogP contribution in [0.4, 0.5) is 10.1 Å². The molecule has 1 aliphatic rings. The first-order valence-corrected chi connectivity index (χ1v) is 7.91. The monoisotopic (exact) mass is 278 g/mol. The maximum absolute atomic E-state index is 14.2. The molecular weight excluding hydrogens is 251 g/mol. The zero-order valence-corrected chi connectivity index (χ0v) is 13.0. The first kappa shape index (κ1) is 15.3. The Balaban J connectivity index is 2.25. The third kappa shape index (κ3) is 3.51. The van der Waals surface area contributed by atoms with Gasteiger partial charge in [-0.2, -0.15) is 0 Å². The van der Waals surface area contributed by atoms with Crippen molar-refractivity contribution >= 4 is 5.69 Å². The van der Waals surface area contributed by atoms with Crippen LogP contribution in [0.2, 0.25) is 0 Å². The Kier molecular flexibility index (Phi) is 5.41. The maximum Gasteiger partial charge on any atom is 0.129 e.